The summed E-state index contributed by atoms with van der Waals surface area (Å²) in [6.07, 6.45) is 9.10. The Morgan fingerprint density at radius 2 is 1.92 bits per heavy atom. The van der Waals surface area contributed by atoms with Crippen LogP contribution in [0.5, 0.6) is 0 Å². The summed E-state index contributed by atoms with van der Waals surface area (Å²) >= 11 is 0. The third kappa shape index (κ3) is 3.31. The Kier molecular flexibility index (Phi) is 5.67. The van der Waals surface area contributed by atoms with Crippen LogP contribution < -0.4 is 5.73 Å². The lowest BCUT2D eigenvalue weighted by Crippen LogP contribution is -1.99. The number of hydrogen-bond donors (Lipinski definition) is 1. The zero-order chi connectivity index (χ0) is 10.3. The lowest BCUT2D eigenvalue weighted by atomic mass is 10.0. The van der Waals surface area contributed by atoms with Crippen molar-refractivity contribution in [3.05, 3.63) is 34.9 Å². The van der Waals surface area contributed by atoms with Crippen LogP contribution >= 0.6 is 0 Å². The van der Waals surface area contributed by atoms with E-state index < -0.39 is 0 Å². The first kappa shape index (κ1) is 11.7. The molecule has 1 nitrogen and oxygen atoms in total. The van der Waals surface area contributed by atoms with Crippen molar-refractivity contribution in [3.63, 3.8) is 0 Å². The van der Waals surface area contributed by atoms with Crippen LogP contribution in [-0.4, -0.2) is 0 Å². The highest BCUT2D eigenvalue weighted by Gasteiger charge is 1.95. The van der Waals surface area contributed by atoms with Crippen LogP contribution in [0.4, 0.5) is 0 Å². The van der Waals surface area contributed by atoms with Gasteiger partial charge in [-0.05, 0) is 30.0 Å². The van der Waals surface area contributed by atoms with E-state index in [4.69, 9.17) is 5.73 Å². The summed E-state index contributed by atoms with van der Waals surface area (Å²) in [4.78, 5) is 0. The molecule has 0 heterocycles. The number of nitrogens with two attached hydrogens (primary N) is 1. The van der Waals surface area contributed by atoms with Gasteiger partial charge in [-0.3, -0.25) is 0 Å². The molecule has 0 saturated carbocycles. The van der Waals surface area contributed by atoms with Gasteiger partial charge in [-0.25, -0.2) is 0 Å². The fraction of sp³-hybridized carbons (Fsp3) is 0.333. The van der Waals surface area contributed by atoms with Crippen LogP contribution in [0.2, 0.25) is 0 Å². The third-order valence-corrected chi connectivity index (χ3v) is 2.04. The van der Waals surface area contributed by atoms with Gasteiger partial charge in [0.25, 0.3) is 0 Å². The summed E-state index contributed by atoms with van der Waals surface area (Å²) in [5, 5.41) is 0. The molecule has 1 aromatic rings. The van der Waals surface area contributed by atoms with Crippen molar-refractivity contribution in [1.29, 1.82) is 0 Å². The van der Waals surface area contributed by atoms with Gasteiger partial charge in [0.15, 0.2) is 0 Å². The van der Waals surface area contributed by atoms with Crippen molar-refractivity contribution in [2.75, 3.05) is 0 Å². The molecule has 0 spiro atoms. The topological polar surface area (TPSA) is 26.0 Å². The minimum atomic E-state index is 0.649. The number of benzene rings is 1. The van der Waals surface area contributed by atoms with Gasteiger partial charge in [-0.1, -0.05) is 25.1 Å². The Morgan fingerprint density at radius 1 is 1.31 bits per heavy atom. The SMILES string of the molecule is C#C.CCc1ccc(CN)c(C)c1. The van der Waals surface area contributed by atoms with Crippen LogP contribution in [0.15, 0.2) is 18.2 Å². The minimum absolute atomic E-state index is 0.649. The van der Waals surface area contributed by atoms with E-state index in [-0.39, 0.29) is 0 Å². The third-order valence-electron chi connectivity index (χ3n) is 2.04. The van der Waals surface area contributed by atoms with Crippen molar-refractivity contribution in [1.82, 2.24) is 0 Å². The summed E-state index contributed by atoms with van der Waals surface area (Å²) in [6, 6.07) is 6.48. The molecular formula is C12H17N. The first-order valence-electron chi connectivity index (χ1n) is 4.39. The van der Waals surface area contributed by atoms with E-state index in [0.29, 0.717) is 6.54 Å². The highest BCUT2D eigenvalue weighted by atomic mass is 14.5. The average molecular weight is 175 g/mol. The Balaban J connectivity index is 0.000000671. The zero-order valence-corrected chi connectivity index (χ0v) is 8.38. The molecule has 1 rings (SSSR count). The van der Waals surface area contributed by atoms with E-state index in [1.165, 1.54) is 16.7 Å². The van der Waals surface area contributed by atoms with Crippen molar-refractivity contribution >= 4 is 0 Å². The van der Waals surface area contributed by atoms with E-state index in [0.717, 1.165) is 6.42 Å². The quantitative estimate of drug-likeness (QED) is 0.685. The molecule has 0 saturated heterocycles. The van der Waals surface area contributed by atoms with E-state index in [1.54, 1.807) is 0 Å². The fourth-order valence-corrected chi connectivity index (χ4v) is 1.21. The van der Waals surface area contributed by atoms with Crippen LogP contribution in [0, 0.1) is 19.8 Å². The monoisotopic (exact) mass is 175 g/mol. The summed E-state index contributed by atoms with van der Waals surface area (Å²) in [7, 11) is 0. The number of aryl methyl sites for hydroxylation is 2. The average Bonchev–Trinajstić information content (AvgIpc) is 2.20. The molecule has 0 bridgehead atoms. The number of terminal acetylenes is 1. The molecular weight excluding hydrogens is 158 g/mol. The van der Waals surface area contributed by atoms with E-state index in [1.807, 2.05) is 0 Å². The number of rotatable bonds is 2. The molecule has 2 N–H and O–H groups in total. The molecule has 0 aliphatic heterocycles. The maximum atomic E-state index is 5.54. The van der Waals surface area contributed by atoms with Crippen LogP contribution in [-0.2, 0) is 13.0 Å². The van der Waals surface area contributed by atoms with E-state index >= 15 is 0 Å². The summed E-state index contributed by atoms with van der Waals surface area (Å²) in [5.74, 6) is 0. The Bertz CT molecular complexity index is 274. The van der Waals surface area contributed by atoms with Gasteiger partial charge < -0.3 is 5.73 Å². The van der Waals surface area contributed by atoms with E-state index in [9.17, 15) is 0 Å². The lowest BCUT2D eigenvalue weighted by molar-refractivity contribution is 1.03. The molecule has 0 radical (unpaired) electrons. The molecule has 0 aliphatic rings. The van der Waals surface area contributed by atoms with Crippen molar-refractivity contribution in [2.45, 2.75) is 26.8 Å². The molecule has 0 atom stereocenters. The van der Waals surface area contributed by atoms with Gasteiger partial charge in [0, 0.05) is 6.54 Å². The number of hydrogen-bond acceptors (Lipinski definition) is 1. The maximum Gasteiger partial charge on any atom is 0.0180 e. The minimum Gasteiger partial charge on any atom is -0.326 e. The van der Waals surface area contributed by atoms with Crippen LogP contribution in [0.25, 0.3) is 0 Å². The normalized spacial score (nSPS) is 8.69. The van der Waals surface area contributed by atoms with Gasteiger partial charge in [0.05, 0.1) is 0 Å². The van der Waals surface area contributed by atoms with Gasteiger partial charge in [0.1, 0.15) is 0 Å². The maximum absolute atomic E-state index is 5.54. The second-order valence-corrected chi connectivity index (χ2v) is 2.82. The summed E-state index contributed by atoms with van der Waals surface area (Å²) < 4.78 is 0. The zero-order valence-electron chi connectivity index (χ0n) is 8.38. The van der Waals surface area contributed by atoms with Crippen LogP contribution in [0.1, 0.15) is 23.6 Å². The van der Waals surface area contributed by atoms with Crippen LogP contribution in [0.3, 0.4) is 0 Å². The van der Waals surface area contributed by atoms with Gasteiger partial charge in [-0.2, -0.15) is 0 Å². The molecule has 0 aliphatic carbocycles. The van der Waals surface area contributed by atoms with Crippen molar-refractivity contribution in [2.24, 2.45) is 5.73 Å². The first-order chi connectivity index (χ1) is 6.27. The molecule has 13 heavy (non-hydrogen) atoms. The summed E-state index contributed by atoms with van der Waals surface area (Å²) in [5.41, 5.74) is 9.49. The standard InChI is InChI=1S/C10H15N.C2H2/c1-3-9-4-5-10(7-11)8(2)6-9;1-2/h4-6H,3,7,11H2,1-2H3;1-2H. The Labute approximate surface area is 81.0 Å². The molecule has 0 aromatic heterocycles. The van der Waals surface area contributed by atoms with Crippen molar-refractivity contribution < 1.29 is 0 Å². The van der Waals surface area contributed by atoms with Crippen molar-refractivity contribution in [3.8, 4) is 12.8 Å². The second-order valence-electron chi connectivity index (χ2n) is 2.82. The fourth-order valence-electron chi connectivity index (χ4n) is 1.21. The molecule has 0 unspecified atom stereocenters. The Hall–Kier alpha value is -1.26. The highest BCUT2D eigenvalue weighted by Crippen LogP contribution is 2.10. The largest absolute Gasteiger partial charge is 0.326 e. The van der Waals surface area contributed by atoms with Gasteiger partial charge >= 0.3 is 0 Å². The second kappa shape index (κ2) is 6.28. The lowest BCUT2D eigenvalue weighted by Gasteiger charge is -2.04. The van der Waals surface area contributed by atoms with E-state index in [2.05, 4.69) is 44.9 Å². The predicted molar refractivity (Wildman–Crippen MR) is 58.3 cm³/mol. The van der Waals surface area contributed by atoms with Gasteiger partial charge in [-0.15, -0.1) is 12.8 Å². The molecule has 1 heteroatoms. The molecule has 0 fully saturated rings. The highest BCUT2D eigenvalue weighted by molar-refractivity contribution is 5.30. The first-order valence-corrected chi connectivity index (χ1v) is 4.39. The predicted octanol–water partition coefficient (Wildman–Crippen LogP) is 2.27. The smallest absolute Gasteiger partial charge is 0.0180 e. The summed E-state index contributed by atoms with van der Waals surface area (Å²) in [6.45, 7) is 4.92. The van der Waals surface area contributed by atoms with Gasteiger partial charge in [0.2, 0.25) is 0 Å². The molecule has 0 amide bonds. The molecule has 1 aromatic carbocycles. The molecule has 70 valence electrons. The Morgan fingerprint density at radius 3 is 2.31 bits per heavy atom.